The number of nitrogens with zero attached hydrogens (tertiary/aromatic N) is 1. The third-order valence-electron chi connectivity index (χ3n) is 6.00. The van der Waals surface area contributed by atoms with Crippen molar-refractivity contribution in [2.45, 2.75) is 30.7 Å². The van der Waals surface area contributed by atoms with Crippen LogP contribution in [0.25, 0.3) is 0 Å². The minimum Gasteiger partial charge on any atom is -0.454 e. The summed E-state index contributed by atoms with van der Waals surface area (Å²) in [5.41, 5.74) is 1.71. The second-order valence-electron chi connectivity index (χ2n) is 8.24. The molecule has 0 saturated carbocycles. The van der Waals surface area contributed by atoms with E-state index in [0.717, 1.165) is 12.1 Å². The standard InChI is InChI=1S/C15H18N2O3.C8H10O2S/c18-15(11-1-2-13-14(7-11)20-9-19-13)16-12-8-17-5-3-10(12)4-6-17;1-7-3-5-8(6-4-7)11(2,9)10/h1-2,7,10,12H,3-6,8-9H2,(H,16,18);3-6H,2H2,1H3,(H,9,10)/t12-;/m0./s1. The molecule has 6 rings (SSSR count). The molecule has 4 aliphatic heterocycles. The van der Waals surface area contributed by atoms with Crippen LogP contribution >= 0.6 is 0 Å². The topological polar surface area (TPSA) is 88.1 Å². The Hall–Kier alpha value is -2.55. The summed E-state index contributed by atoms with van der Waals surface area (Å²) < 4.78 is 30.5. The van der Waals surface area contributed by atoms with E-state index in [9.17, 15) is 9.00 Å². The molecule has 2 atom stereocenters. The lowest BCUT2D eigenvalue weighted by molar-refractivity contribution is 0.0620. The zero-order valence-corrected chi connectivity index (χ0v) is 18.4. The van der Waals surface area contributed by atoms with Gasteiger partial charge in [-0.05, 0) is 75.0 Å². The van der Waals surface area contributed by atoms with Gasteiger partial charge in [0.15, 0.2) is 11.5 Å². The second-order valence-corrected chi connectivity index (χ2v) is 9.99. The smallest absolute Gasteiger partial charge is 0.251 e. The number of aryl methyl sites for hydroxylation is 1. The van der Waals surface area contributed by atoms with Crippen LogP contribution in [0.3, 0.4) is 0 Å². The van der Waals surface area contributed by atoms with Gasteiger partial charge in [0, 0.05) is 18.2 Å². The van der Waals surface area contributed by atoms with Crippen LogP contribution in [0, 0.1) is 12.8 Å². The van der Waals surface area contributed by atoms with Crippen molar-refractivity contribution in [3.63, 3.8) is 0 Å². The molecule has 0 spiro atoms. The second kappa shape index (κ2) is 8.90. The third-order valence-corrected chi connectivity index (χ3v) is 7.01. The zero-order valence-electron chi connectivity index (χ0n) is 17.6. The SMILES string of the molecule is C=S(=O)(O)c1ccc(C)cc1.O=C(N[C@H]1CN2CCC1CC2)c1ccc2c(c1)OCO2. The Morgan fingerprint density at radius 3 is 2.42 bits per heavy atom. The molecule has 2 aromatic carbocycles. The molecule has 3 fully saturated rings. The third kappa shape index (κ3) is 5.20. The highest BCUT2D eigenvalue weighted by Crippen LogP contribution is 2.33. The Labute approximate surface area is 183 Å². The molecule has 2 N–H and O–H groups in total. The van der Waals surface area contributed by atoms with E-state index in [4.69, 9.17) is 14.0 Å². The van der Waals surface area contributed by atoms with Crippen LogP contribution in [0.4, 0.5) is 0 Å². The van der Waals surface area contributed by atoms with Gasteiger partial charge in [-0.3, -0.25) is 4.79 Å². The number of carbonyl (C=O) groups is 1. The van der Waals surface area contributed by atoms with E-state index >= 15 is 0 Å². The summed E-state index contributed by atoms with van der Waals surface area (Å²) in [5, 5.41) is 3.18. The fourth-order valence-corrected chi connectivity index (χ4v) is 4.73. The highest BCUT2D eigenvalue weighted by Gasteiger charge is 2.35. The number of fused-ring (bicyclic) bond motifs is 4. The lowest BCUT2D eigenvalue weighted by Crippen LogP contribution is -2.57. The van der Waals surface area contributed by atoms with Crippen molar-refractivity contribution in [3.05, 3.63) is 53.6 Å². The van der Waals surface area contributed by atoms with Crippen molar-refractivity contribution in [3.8, 4) is 11.5 Å². The quantitative estimate of drug-likeness (QED) is 0.708. The van der Waals surface area contributed by atoms with Crippen molar-refractivity contribution in [2.75, 3.05) is 26.4 Å². The predicted octanol–water partition coefficient (Wildman–Crippen LogP) is 2.78. The normalized spacial score (nSPS) is 25.2. The van der Waals surface area contributed by atoms with Gasteiger partial charge in [-0.15, -0.1) is 0 Å². The Kier molecular flexibility index (Phi) is 6.22. The number of benzene rings is 2. The van der Waals surface area contributed by atoms with Crippen molar-refractivity contribution < 1.29 is 23.0 Å². The Bertz CT molecular complexity index is 1040. The average Bonchev–Trinajstić information content (AvgIpc) is 3.23. The van der Waals surface area contributed by atoms with Gasteiger partial charge >= 0.3 is 0 Å². The number of rotatable bonds is 3. The predicted molar refractivity (Wildman–Crippen MR) is 120 cm³/mol. The average molecular weight is 445 g/mol. The van der Waals surface area contributed by atoms with Gasteiger partial charge < -0.3 is 24.2 Å². The molecule has 31 heavy (non-hydrogen) atoms. The number of carbonyl (C=O) groups excluding carboxylic acids is 1. The molecule has 0 radical (unpaired) electrons. The van der Waals surface area contributed by atoms with Crippen LogP contribution in [0.2, 0.25) is 0 Å². The molecule has 2 aromatic rings. The van der Waals surface area contributed by atoms with Crippen molar-refractivity contribution in [1.82, 2.24) is 10.2 Å². The summed E-state index contributed by atoms with van der Waals surface area (Å²) in [6, 6.07) is 12.5. The van der Waals surface area contributed by atoms with E-state index in [0.29, 0.717) is 27.9 Å². The molecule has 1 amide bonds. The maximum atomic E-state index is 12.4. The molecule has 0 aliphatic carbocycles. The number of ether oxygens (including phenoxy) is 2. The largest absolute Gasteiger partial charge is 0.454 e. The summed E-state index contributed by atoms with van der Waals surface area (Å²) in [5.74, 6) is 5.15. The Morgan fingerprint density at radius 1 is 1.13 bits per heavy atom. The van der Waals surface area contributed by atoms with Gasteiger partial charge in [0.25, 0.3) is 5.91 Å². The summed E-state index contributed by atoms with van der Waals surface area (Å²) in [7, 11) is -3.02. The van der Waals surface area contributed by atoms with E-state index in [1.54, 1.807) is 42.5 Å². The lowest BCUT2D eigenvalue weighted by Gasteiger charge is -2.44. The van der Waals surface area contributed by atoms with E-state index in [2.05, 4.69) is 16.1 Å². The highest BCUT2D eigenvalue weighted by molar-refractivity contribution is 7.95. The number of hydrogen-bond donors (Lipinski definition) is 2. The summed E-state index contributed by atoms with van der Waals surface area (Å²) in [4.78, 5) is 15.2. The van der Waals surface area contributed by atoms with Crippen LogP contribution in [0.5, 0.6) is 11.5 Å². The van der Waals surface area contributed by atoms with Crippen LogP contribution < -0.4 is 14.8 Å². The summed E-state index contributed by atoms with van der Waals surface area (Å²) in [6.07, 6.45) is 2.40. The van der Waals surface area contributed by atoms with E-state index in [-0.39, 0.29) is 18.7 Å². The van der Waals surface area contributed by atoms with Gasteiger partial charge in [-0.25, -0.2) is 4.21 Å². The van der Waals surface area contributed by atoms with Crippen molar-refractivity contribution >= 4 is 21.6 Å². The Balaban J connectivity index is 0.000000180. The van der Waals surface area contributed by atoms with Gasteiger partial charge in [-0.1, -0.05) is 17.7 Å². The minimum atomic E-state index is -3.02. The molecule has 0 aromatic heterocycles. The zero-order chi connectivity index (χ0) is 22.0. The molecule has 166 valence electrons. The summed E-state index contributed by atoms with van der Waals surface area (Å²) >= 11 is 0. The van der Waals surface area contributed by atoms with Gasteiger partial charge in [0.2, 0.25) is 6.79 Å². The molecule has 4 heterocycles. The van der Waals surface area contributed by atoms with E-state index < -0.39 is 9.80 Å². The van der Waals surface area contributed by atoms with Gasteiger partial charge in [0.05, 0.1) is 4.90 Å². The van der Waals surface area contributed by atoms with Gasteiger partial charge in [-0.2, -0.15) is 0 Å². The maximum absolute atomic E-state index is 12.4. The molecule has 7 nitrogen and oxygen atoms in total. The first-order valence-corrected chi connectivity index (χ1v) is 12.1. The molecule has 2 bridgehead atoms. The number of hydrogen-bond acceptors (Lipinski definition) is 5. The number of piperidine rings is 3. The fraction of sp³-hybridized carbons (Fsp3) is 0.391. The highest BCUT2D eigenvalue weighted by atomic mass is 32.2. The van der Waals surface area contributed by atoms with Gasteiger partial charge in [0.1, 0.15) is 9.80 Å². The molecule has 3 saturated heterocycles. The van der Waals surface area contributed by atoms with Crippen LogP contribution in [0.1, 0.15) is 28.8 Å². The van der Waals surface area contributed by atoms with Crippen LogP contribution in [-0.2, 0) is 9.80 Å². The van der Waals surface area contributed by atoms with E-state index in [1.807, 2.05) is 6.92 Å². The van der Waals surface area contributed by atoms with Crippen molar-refractivity contribution in [2.24, 2.45) is 5.92 Å². The first-order valence-electron chi connectivity index (χ1n) is 10.4. The minimum absolute atomic E-state index is 0.0120. The van der Waals surface area contributed by atoms with E-state index in [1.165, 1.54) is 25.9 Å². The molecule has 8 heteroatoms. The van der Waals surface area contributed by atoms with Crippen LogP contribution in [-0.4, -0.2) is 57.9 Å². The summed E-state index contributed by atoms with van der Waals surface area (Å²) in [6.45, 7) is 5.51. The molecular formula is C23H28N2O5S. The Morgan fingerprint density at radius 2 is 1.81 bits per heavy atom. The number of nitrogens with one attached hydrogen (secondary N) is 1. The van der Waals surface area contributed by atoms with Crippen LogP contribution in [0.15, 0.2) is 47.4 Å². The van der Waals surface area contributed by atoms with Crippen molar-refractivity contribution in [1.29, 1.82) is 0 Å². The molecule has 4 aliphatic rings. The molecular weight excluding hydrogens is 416 g/mol. The first-order chi connectivity index (χ1) is 14.8. The fourth-order valence-electron chi connectivity index (χ4n) is 4.17. The number of amides is 1. The maximum Gasteiger partial charge on any atom is 0.251 e. The lowest BCUT2D eigenvalue weighted by atomic mass is 9.84. The molecule has 1 unspecified atom stereocenters. The monoisotopic (exact) mass is 444 g/mol. The first kappa shape index (κ1) is 21.7.